The molecule has 1 aromatic carbocycles. The van der Waals surface area contributed by atoms with Crippen LogP contribution in [0.4, 0.5) is 16.0 Å². The number of rotatable bonds is 3. The van der Waals surface area contributed by atoms with Crippen LogP contribution in [0.15, 0.2) is 61.1 Å². The van der Waals surface area contributed by atoms with E-state index in [2.05, 4.69) is 32.3 Å². The summed E-state index contributed by atoms with van der Waals surface area (Å²) in [6.45, 7) is 5.80. The van der Waals surface area contributed by atoms with E-state index in [9.17, 15) is 9.18 Å². The lowest BCUT2D eigenvalue weighted by Crippen LogP contribution is -2.39. The van der Waals surface area contributed by atoms with Gasteiger partial charge in [0.2, 0.25) is 11.9 Å². The van der Waals surface area contributed by atoms with Crippen molar-refractivity contribution in [3.8, 4) is 0 Å². The standard InChI is InChI=1S/C19H17FN6O/c1-11-16(18(27)24-15-7-5-14(20)6-8-15)17(13-4-3-9-21-10-13)26-19(22-11)23-12(2)25-26/h3-10,16-17H,1H2,2H3,(H,24,27)(H,22,23,25)/t16-,17+/m1/s1. The van der Waals surface area contributed by atoms with Crippen molar-refractivity contribution in [2.75, 3.05) is 10.6 Å². The lowest BCUT2D eigenvalue weighted by molar-refractivity contribution is -0.119. The highest BCUT2D eigenvalue weighted by Gasteiger charge is 2.40. The van der Waals surface area contributed by atoms with Crippen molar-refractivity contribution >= 4 is 17.5 Å². The molecule has 27 heavy (non-hydrogen) atoms. The Kier molecular flexibility index (Phi) is 4.15. The zero-order chi connectivity index (χ0) is 19.0. The normalized spacial score (nSPS) is 18.5. The fourth-order valence-electron chi connectivity index (χ4n) is 3.20. The van der Waals surface area contributed by atoms with E-state index in [4.69, 9.17) is 0 Å². The van der Waals surface area contributed by atoms with Crippen LogP contribution in [-0.2, 0) is 4.79 Å². The highest BCUT2D eigenvalue weighted by atomic mass is 19.1. The van der Waals surface area contributed by atoms with Gasteiger partial charge in [0.25, 0.3) is 0 Å². The van der Waals surface area contributed by atoms with Crippen LogP contribution in [0, 0.1) is 18.7 Å². The Morgan fingerprint density at radius 2 is 2.07 bits per heavy atom. The maximum atomic E-state index is 13.1. The predicted octanol–water partition coefficient (Wildman–Crippen LogP) is 2.90. The van der Waals surface area contributed by atoms with Crippen molar-refractivity contribution in [3.63, 3.8) is 0 Å². The summed E-state index contributed by atoms with van der Waals surface area (Å²) in [7, 11) is 0. The lowest BCUT2D eigenvalue weighted by atomic mass is 9.89. The van der Waals surface area contributed by atoms with Crippen LogP contribution in [0.1, 0.15) is 17.4 Å². The molecule has 1 aliphatic heterocycles. The zero-order valence-electron chi connectivity index (χ0n) is 14.6. The summed E-state index contributed by atoms with van der Waals surface area (Å²) in [5, 5.41) is 10.3. The number of carbonyl (C=O) groups is 1. The highest BCUT2D eigenvalue weighted by Crippen LogP contribution is 2.37. The molecule has 2 N–H and O–H groups in total. The van der Waals surface area contributed by atoms with E-state index >= 15 is 0 Å². The smallest absolute Gasteiger partial charge is 0.235 e. The number of fused-ring (bicyclic) bond motifs is 1. The van der Waals surface area contributed by atoms with Crippen LogP contribution in [-0.4, -0.2) is 25.7 Å². The zero-order valence-corrected chi connectivity index (χ0v) is 14.6. The first-order chi connectivity index (χ1) is 13.0. The Morgan fingerprint density at radius 3 is 2.78 bits per heavy atom. The van der Waals surface area contributed by atoms with Crippen LogP contribution in [0.5, 0.6) is 0 Å². The van der Waals surface area contributed by atoms with Crippen LogP contribution >= 0.6 is 0 Å². The molecule has 136 valence electrons. The Bertz CT molecular complexity index is 999. The number of carbonyl (C=O) groups excluding carboxylic acids is 1. The van der Waals surface area contributed by atoms with Crippen LogP contribution in [0.2, 0.25) is 0 Å². The first kappa shape index (κ1) is 16.9. The van der Waals surface area contributed by atoms with Crippen LogP contribution < -0.4 is 10.6 Å². The van der Waals surface area contributed by atoms with Gasteiger partial charge in [-0.3, -0.25) is 9.78 Å². The molecule has 0 saturated carbocycles. The van der Waals surface area contributed by atoms with Crippen molar-refractivity contribution in [1.82, 2.24) is 19.7 Å². The first-order valence-corrected chi connectivity index (χ1v) is 8.38. The summed E-state index contributed by atoms with van der Waals surface area (Å²) >= 11 is 0. The quantitative estimate of drug-likeness (QED) is 0.746. The molecule has 0 spiro atoms. The van der Waals surface area contributed by atoms with Gasteiger partial charge in [-0.2, -0.15) is 10.1 Å². The minimum atomic E-state index is -0.659. The molecule has 3 aromatic rings. The van der Waals surface area contributed by atoms with Crippen LogP contribution in [0.25, 0.3) is 0 Å². The molecule has 0 fully saturated rings. The predicted molar refractivity (Wildman–Crippen MR) is 98.4 cm³/mol. The van der Waals surface area contributed by atoms with Gasteiger partial charge in [-0.15, -0.1) is 0 Å². The Hall–Kier alpha value is -3.55. The van der Waals surface area contributed by atoms with E-state index in [-0.39, 0.29) is 11.7 Å². The molecule has 0 bridgehead atoms. The monoisotopic (exact) mass is 364 g/mol. The van der Waals surface area contributed by atoms with Gasteiger partial charge in [0.15, 0.2) is 0 Å². The molecule has 0 aliphatic carbocycles. The van der Waals surface area contributed by atoms with Gasteiger partial charge in [-0.25, -0.2) is 9.07 Å². The molecule has 1 amide bonds. The third kappa shape index (κ3) is 3.17. The van der Waals surface area contributed by atoms with E-state index in [1.165, 1.54) is 24.3 Å². The van der Waals surface area contributed by atoms with Gasteiger partial charge in [0, 0.05) is 23.8 Å². The van der Waals surface area contributed by atoms with Gasteiger partial charge < -0.3 is 10.6 Å². The topological polar surface area (TPSA) is 84.7 Å². The second-order valence-corrected chi connectivity index (χ2v) is 6.28. The minimum absolute atomic E-state index is 0.285. The molecule has 1 aliphatic rings. The van der Waals surface area contributed by atoms with Gasteiger partial charge in [-0.1, -0.05) is 12.6 Å². The second kappa shape index (κ2) is 6.64. The summed E-state index contributed by atoms with van der Waals surface area (Å²) < 4.78 is 14.8. The van der Waals surface area contributed by atoms with Crippen LogP contribution in [0.3, 0.4) is 0 Å². The average molecular weight is 364 g/mol. The molecule has 4 rings (SSSR count). The third-order valence-corrected chi connectivity index (χ3v) is 4.38. The van der Waals surface area contributed by atoms with E-state index in [0.29, 0.717) is 23.2 Å². The number of pyridine rings is 1. The molecular formula is C19H17FN6O. The molecule has 2 atom stereocenters. The highest BCUT2D eigenvalue weighted by molar-refractivity contribution is 5.95. The van der Waals surface area contributed by atoms with Crippen molar-refractivity contribution in [1.29, 1.82) is 0 Å². The molecule has 7 nitrogen and oxygen atoms in total. The van der Waals surface area contributed by atoms with E-state index in [1.807, 2.05) is 6.07 Å². The number of nitrogens with zero attached hydrogens (tertiary/aromatic N) is 4. The average Bonchev–Trinajstić information content (AvgIpc) is 3.02. The number of aromatic nitrogens is 4. The van der Waals surface area contributed by atoms with Crippen molar-refractivity contribution in [2.24, 2.45) is 5.92 Å². The number of nitrogens with one attached hydrogen (secondary N) is 2. The molecule has 0 radical (unpaired) electrons. The minimum Gasteiger partial charge on any atom is -0.328 e. The summed E-state index contributed by atoms with van der Waals surface area (Å²) in [5.74, 6) is -0.205. The molecule has 0 unspecified atom stereocenters. The first-order valence-electron chi connectivity index (χ1n) is 8.38. The van der Waals surface area contributed by atoms with Gasteiger partial charge >= 0.3 is 0 Å². The number of halogens is 1. The second-order valence-electron chi connectivity index (χ2n) is 6.28. The molecular weight excluding hydrogens is 347 g/mol. The number of benzene rings is 1. The summed E-state index contributed by atoms with van der Waals surface area (Å²) in [4.78, 5) is 21.6. The summed E-state index contributed by atoms with van der Waals surface area (Å²) in [5.41, 5.74) is 1.81. The maximum Gasteiger partial charge on any atom is 0.235 e. The third-order valence-electron chi connectivity index (χ3n) is 4.38. The van der Waals surface area contributed by atoms with Crippen molar-refractivity contribution in [2.45, 2.75) is 13.0 Å². The number of anilines is 2. The van der Waals surface area contributed by atoms with Gasteiger partial charge in [-0.05, 0) is 42.8 Å². The maximum absolute atomic E-state index is 13.1. The number of hydrogen-bond donors (Lipinski definition) is 2. The van der Waals surface area contributed by atoms with Gasteiger partial charge in [0.05, 0.1) is 6.04 Å². The molecule has 2 aromatic heterocycles. The summed E-state index contributed by atoms with van der Waals surface area (Å²) in [6.07, 6.45) is 3.36. The van der Waals surface area contributed by atoms with Crippen molar-refractivity contribution < 1.29 is 9.18 Å². The fraction of sp³-hybridized carbons (Fsp3) is 0.158. The molecule has 0 saturated heterocycles. The fourth-order valence-corrected chi connectivity index (χ4v) is 3.20. The largest absolute Gasteiger partial charge is 0.328 e. The number of amides is 1. The van der Waals surface area contributed by atoms with E-state index in [1.54, 1.807) is 30.1 Å². The molecule has 3 heterocycles. The van der Waals surface area contributed by atoms with Crippen molar-refractivity contribution in [3.05, 3.63) is 78.3 Å². The van der Waals surface area contributed by atoms with Gasteiger partial charge in [0.1, 0.15) is 17.6 Å². The SMILES string of the molecule is C=C1Nc2nc(C)nn2[C@@H](c2cccnc2)[C@@H]1C(=O)Nc1ccc(F)cc1. The Morgan fingerprint density at radius 1 is 1.30 bits per heavy atom. The molecule has 8 heteroatoms. The van der Waals surface area contributed by atoms with E-state index in [0.717, 1.165) is 5.56 Å². The lowest BCUT2D eigenvalue weighted by Gasteiger charge is -2.33. The van der Waals surface area contributed by atoms with E-state index < -0.39 is 12.0 Å². The Labute approximate surface area is 155 Å². The summed E-state index contributed by atoms with van der Waals surface area (Å²) in [6, 6.07) is 8.84. The Balaban J connectivity index is 1.73. The number of hydrogen-bond acceptors (Lipinski definition) is 5. The number of aryl methyl sites for hydroxylation is 1.